The number of nitrogens with zero attached hydrogens (tertiary/aromatic N) is 3. The number of alkyl halides is 3. The number of β-amino-alcohol motifs (C(OH)–C–C–N with tert-alkyl or cyclic N) is 1. The third kappa shape index (κ3) is 5.87. The second kappa shape index (κ2) is 9.78. The summed E-state index contributed by atoms with van der Waals surface area (Å²) in [5, 5.41) is 10.4. The van der Waals surface area contributed by atoms with Crippen molar-refractivity contribution in [3.8, 4) is 16.9 Å². The highest BCUT2D eigenvalue weighted by molar-refractivity contribution is 7.89. The van der Waals surface area contributed by atoms with Crippen molar-refractivity contribution in [1.82, 2.24) is 19.5 Å². The first-order valence-electron chi connectivity index (χ1n) is 10.9. The van der Waals surface area contributed by atoms with Gasteiger partial charge in [0.2, 0.25) is 10.0 Å². The van der Waals surface area contributed by atoms with Gasteiger partial charge in [-0.3, -0.25) is 14.8 Å². The lowest BCUT2D eigenvalue weighted by molar-refractivity contribution is -0.137. The van der Waals surface area contributed by atoms with Crippen LogP contribution in [0.25, 0.3) is 11.1 Å². The van der Waals surface area contributed by atoms with Crippen LogP contribution in [0.3, 0.4) is 0 Å². The van der Waals surface area contributed by atoms with Crippen LogP contribution in [0.15, 0.2) is 47.6 Å². The van der Waals surface area contributed by atoms with Crippen molar-refractivity contribution in [3.05, 3.63) is 42.7 Å². The highest BCUT2D eigenvalue weighted by Crippen LogP contribution is 2.33. The van der Waals surface area contributed by atoms with Gasteiger partial charge in [-0.1, -0.05) is 12.1 Å². The zero-order valence-corrected chi connectivity index (χ0v) is 19.4. The van der Waals surface area contributed by atoms with Crippen molar-refractivity contribution in [3.63, 3.8) is 0 Å². The monoisotopic (exact) mass is 500 g/mol. The summed E-state index contributed by atoms with van der Waals surface area (Å²) in [6, 6.07) is 7.93. The van der Waals surface area contributed by atoms with Gasteiger partial charge in [0.05, 0.1) is 18.6 Å². The first kappa shape index (κ1) is 24.9. The molecule has 1 aromatic carbocycles. The number of benzene rings is 1. The molecule has 8 nitrogen and oxygen atoms in total. The third-order valence-corrected chi connectivity index (χ3v) is 7.57. The summed E-state index contributed by atoms with van der Waals surface area (Å²) in [6.07, 6.45) is -3.55. The number of aliphatic hydroxyl groups is 1. The Bertz CT molecular complexity index is 1100. The van der Waals surface area contributed by atoms with Gasteiger partial charge in [-0.05, 0) is 30.8 Å². The third-order valence-electron chi connectivity index (χ3n) is 6.10. The number of hydrogen-bond donors (Lipinski definition) is 2. The number of halogens is 3. The summed E-state index contributed by atoms with van der Waals surface area (Å²) in [4.78, 5) is 7.47. The van der Waals surface area contributed by atoms with Gasteiger partial charge in [-0.2, -0.15) is 13.2 Å². The minimum atomic E-state index is -4.28. The molecule has 0 spiro atoms. The summed E-state index contributed by atoms with van der Waals surface area (Å²) in [5.41, 5.74) is 1.45. The molecule has 34 heavy (non-hydrogen) atoms. The van der Waals surface area contributed by atoms with E-state index in [1.54, 1.807) is 42.5 Å². The van der Waals surface area contributed by atoms with Crippen LogP contribution in [-0.4, -0.2) is 92.5 Å². The van der Waals surface area contributed by atoms with E-state index in [2.05, 4.69) is 9.71 Å². The van der Waals surface area contributed by atoms with E-state index in [1.807, 2.05) is 11.0 Å². The summed E-state index contributed by atoms with van der Waals surface area (Å²) in [6.45, 7) is 0.259. The molecule has 0 unspecified atom stereocenters. The molecule has 4 rings (SSSR count). The van der Waals surface area contributed by atoms with Crippen molar-refractivity contribution in [2.75, 3.05) is 39.8 Å². The molecule has 0 amide bonds. The van der Waals surface area contributed by atoms with E-state index >= 15 is 0 Å². The average molecular weight is 501 g/mol. The Balaban J connectivity index is 1.71. The van der Waals surface area contributed by atoms with Crippen LogP contribution in [-0.2, 0) is 10.0 Å². The van der Waals surface area contributed by atoms with Crippen LogP contribution >= 0.6 is 0 Å². The van der Waals surface area contributed by atoms with E-state index in [0.29, 0.717) is 12.1 Å². The minimum absolute atomic E-state index is 0.0932. The largest absolute Gasteiger partial charge is 0.486 e. The first-order chi connectivity index (χ1) is 16.0. The number of ether oxygens (including phenoxy) is 1. The van der Waals surface area contributed by atoms with Crippen molar-refractivity contribution >= 4 is 10.0 Å². The number of sulfonamides is 1. The molecule has 3 heterocycles. The zero-order chi connectivity index (χ0) is 24.5. The van der Waals surface area contributed by atoms with Crippen molar-refractivity contribution < 1.29 is 31.4 Å². The summed E-state index contributed by atoms with van der Waals surface area (Å²) < 4.78 is 73.1. The molecule has 2 N–H and O–H groups in total. The number of fused-ring (bicyclic) bond motifs is 2. The predicted octanol–water partition coefficient (Wildman–Crippen LogP) is 1.72. The van der Waals surface area contributed by atoms with E-state index in [1.165, 1.54) is 6.07 Å². The summed E-state index contributed by atoms with van der Waals surface area (Å²) >= 11 is 0. The fourth-order valence-electron chi connectivity index (χ4n) is 4.35. The topological polar surface area (TPSA) is 95.0 Å². The Morgan fingerprint density at radius 3 is 2.71 bits per heavy atom. The lowest BCUT2D eigenvalue weighted by Crippen LogP contribution is -2.47. The lowest BCUT2D eigenvalue weighted by Gasteiger charge is -2.30. The molecule has 2 aliphatic rings. The fraction of sp³-hybridized carbons (Fsp3) is 0.500. The van der Waals surface area contributed by atoms with E-state index in [4.69, 9.17) is 4.74 Å². The van der Waals surface area contributed by atoms with E-state index < -0.39 is 34.8 Å². The van der Waals surface area contributed by atoms with Crippen LogP contribution in [0.2, 0.25) is 0 Å². The molecule has 3 atom stereocenters. The van der Waals surface area contributed by atoms with Crippen LogP contribution in [0, 0.1) is 0 Å². The van der Waals surface area contributed by atoms with E-state index in [-0.39, 0.29) is 42.9 Å². The number of aliphatic hydroxyl groups excluding tert-OH is 1. The number of aromatic nitrogens is 1. The standard InChI is InChI=1S/C22H27F3N4O4S/c1-28-12-17(30)11-27-34(31,32)21-5-4-15(16-3-2-7-26-10-16)9-19(21)33-20-14-29(13-18(20)28)8-6-22(23,24)25/h2-5,7,9-10,17-18,20,27,30H,6,8,11-14H2,1H3/t17-,18+,20-/m0/s1. The van der Waals surface area contributed by atoms with E-state index in [0.717, 1.165) is 5.56 Å². The fourth-order valence-corrected chi connectivity index (χ4v) is 5.54. The summed E-state index contributed by atoms with van der Waals surface area (Å²) in [5.74, 6) is 0.103. The van der Waals surface area contributed by atoms with Crippen molar-refractivity contribution in [1.29, 1.82) is 0 Å². The normalized spacial score (nSPS) is 26.2. The van der Waals surface area contributed by atoms with Crippen molar-refractivity contribution in [2.45, 2.75) is 35.7 Å². The highest BCUT2D eigenvalue weighted by Gasteiger charge is 2.40. The molecule has 0 aliphatic carbocycles. The molecular weight excluding hydrogens is 473 g/mol. The molecule has 186 valence electrons. The van der Waals surface area contributed by atoms with Gasteiger partial charge in [0.25, 0.3) is 0 Å². The SMILES string of the molecule is CN1C[C@@H](O)CNS(=O)(=O)c2ccc(-c3cccnc3)cc2O[C@H]2CN(CCC(F)(F)F)C[C@H]21. The molecule has 0 radical (unpaired) electrons. The highest BCUT2D eigenvalue weighted by atomic mass is 32.2. The second-order valence-electron chi connectivity index (χ2n) is 8.70. The maximum Gasteiger partial charge on any atom is 0.390 e. The molecule has 1 aromatic heterocycles. The van der Waals surface area contributed by atoms with Gasteiger partial charge in [0.15, 0.2) is 0 Å². The van der Waals surface area contributed by atoms with E-state index in [9.17, 15) is 26.7 Å². The van der Waals surface area contributed by atoms with Gasteiger partial charge in [-0.15, -0.1) is 0 Å². The summed E-state index contributed by atoms with van der Waals surface area (Å²) in [7, 11) is -2.26. The predicted molar refractivity (Wildman–Crippen MR) is 119 cm³/mol. The zero-order valence-electron chi connectivity index (χ0n) is 18.6. The van der Waals surface area contributed by atoms with Crippen LogP contribution in [0.5, 0.6) is 5.75 Å². The minimum Gasteiger partial charge on any atom is -0.486 e. The quantitative estimate of drug-likeness (QED) is 0.663. The maximum atomic E-state index is 13.0. The Morgan fingerprint density at radius 2 is 2.00 bits per heavy atom. The van der Waals surface area contributed by atoms with Crippen LogP contribution < -0.4 is 9.46 Å². The second-order valence-corrected chi connectivity index (χ2v) is 10.4. The molecule has 0 bridgehead atoms. The molecule has 1 fully saturated rings. The van der Waals surface area contributed by atoms with Crippen LogP contribution in [0.1, 0.15) is 6.42 Å². The van der Waals surface area contributed by atoms with Gasteiger partial charge in [0.1, 0.15) is 16.7 Å². The maximum absolute atomic E-state index is 13.0. The molecule has 12 heteroatoms. The first-order valence-corrected chi connectivity index (χ1v) is 12.4. The Labute approximate surface area is 196 Å². The Kier molecular flexibility index (Phi) is 7.15. The molecular formula is C22H27F3N4O4S. The molecule has 0 saturated carbocycles. The van der Waals surface area contributed by atoms with Crippen LogP contribution in [0.4, 0.5) is 13.2 Å². The smallest absolute Gasteiger partial charge is 0.390 e. The Hall–Kier alpha value is -2.25. The van der Waals surface area contributed by atoms with Gasteiger partial charge < -0.3 is 9.84 Å². The Morgan fingerprint density at radius 1 is 1.21 bits per heavy atom. The number of rotatable bonds is 3. The molecule has 1 saturated heterocycles. The number of likely N-dealkylation sites (tertiary alicyclic amines) is 1. The molecule has 2 aromatic rings. The number of nitrogens with one attached hydrogen (secondary N) is 1. The molecule has 2 aliphatic heterocycles. The number of hydrogen-bond acceptors (Lipinski definition) is 7. The lowest BCUT2D eigenvalue weighted by atomic mass is 10.1. The van der Waals surface area contributed by atoms with Gasteiger partial charge in [0, 0.05) is 50.7 Å². The van der Waals surface area contributed by atoms with Crippen molar-refractivity contribution in [2.24, 2.45) is 0 Å². The average Bonchev–Trinajstić information content (AvgIpc) is 3.18. The van der Waals surface area contributed by atoms with Gasteiger partial charge >= 0.3 is 6.18 Å². The number of likely N-dealkylation sites (N-methyl/N-ethyl adjacent to an activating group) is 1. The number of pyridine rings is 1. The van der Waals surface area contributed by atoms with Gasteiger partial charge in [-0.25, -0.2) is 13.1 Å².